The average molecular weight is 452 g/mol. The van der Waals surface area contributed by atoms with E-state index in [2.05, 4.69) is 6.58 Å². The van der Waals surface area contributed by atoms with Crippen LogP contribution >= 0.6 is 11.6 Å². The second kappa shape index (κ2) is 8.73. The van der Waals surface area contributed by atoms with Gasteiger partial charge in [-0.25, -0.2) is 12.8 Å². The van der Waals surface area contributed by atoms with E-state index in [0.717, 1.165) is 31.4 Å². The summed E-state index contributed by atoms with van der Waals surface area (Å²) in [7, 11) is -3.82. The molecule has 1 aliphatic carbocycles. The molecule has 1 aliphatic rings. The molecule has 0 aliphatic heterocycles. The fourth-order valence-electron chi connectivity index (χ4n) is 3.81. The number of amides is 1. The van der Waals surface area contributed by atoms with Crippen molar-refractivity contribution in [2.45, 2.75) is 48.8 Å². The predicted octanol–water partition coefficient (Wildman–Crippen LogP) is 3.57. The number of carbonyl (C=O) groups is 1. The predicted molar refractivity (Wildman–Crippen MR) is 113 cm³/mol. The highest BCUT2D eigenvalue weighted by molar-refractivity contribution is 7.92. The van der Waals surface area contributed by atoms with E-state index >= 15 is 0 Å². The number of hydrogen-bond donors (Lipinski definition) is 2. The third kappa shape index (κ3) is 4.49. The molecule has 3 N–H and O–H groups in total. The number of aromatic nitrogens is 1. The highest BCUT2D eigenvalue weighted by Gasteiger charge is 2.32. The number of benzene rings is 1. The van der Waals surface area contributed by atoms with Crippen LogP contribution in [0, 0.1) is 11.2 Å². The molecule has 160 valence electrons. The molecule has 1 atom stereocenters. The minimum atomic E-state index is -3.82. The van der Waals surface area contributed by atoms with Gasteiger partial charge in [-0.2, -0.15) is 0 Å². The van der Waals surface area contributed by atoms with Crippen LogP contribution in [0.15, 0.2) is 47.5 Å². The van der Waals surface area contributed by atoms with Gasteiger partial charge >= 0.3 is 0 Å². The number of primary amides is 1. The fourth-order valence-corrected chi connectivity index (χ4v) is 6.12. The Labute approximate surface area is 179 Å². The Hall–Kier alpha value is -2.45. The molecule has 1 amide bonds. The maximum absolute atomic E-state index is 14.0. The van der Waals surface area contributed by atoms with Gasteiger partial charge < -0.3 is 10.3 Å². The summed E-state index contributed by atoms with van der Waals surface area (Å²) in [4.78, 5) is 11.6. The molecule has 1 aromatic carbocycles. The normalized spacial score (nSPS) is 17.5. The number of carbonyl (C=O) groups excluding carboxylic acids is 1. The summed E-state index contributed by atoms with van der Waals surface area (Å²) in [6.07, 6.45) is 5.11. The number of halogens is 2. The first-order valence-corrected chi connectivity index (χ1v) is 11.5. The molecular formula is C21H23ClFN3O3S. The van der Waals surface area contributed by atoms with Crippen molar-refractivity contribution in [3.63, 3.8) is 0 Å². The number of sulfone groups is 1. The average Bonchev–Trinajstić information content (AvgIpc) is 2.89. The highest BCUT2D eigenvalue weighted by atomic mass is 35.5. The Balaban J connectivity index is 2.11. The molecule has 30 heavy (non-hydrogen) atoms. The largest absolute Gasteiger partial charge is 0.365 e. The van der Waals surface area contributed by atoms with E-state index in [9.17, 15) is 17.6 Å². The monoisotopic (exact) mass is 451 g/mol. The van der Waals surface area contributed by atoms with Crippen molar-refractivity contribution >= 4 is 27.3 Å². The molecule has 3 rings (SSSR count). The lowest BCUT2D eigenvalue weighted by Crippen LogP contribution is -2.30. The molecule has 2 aromatic rings. The summed E-state index contributed by atoms with van der Waals surface area (Å²) in [6, 6.07) is 4.75. The zero-order valence-electron chi connectivity index (χ0n) is 16.3. The van der Waals surface area contributed by atoms with Gasteiger partial charge in [-0.05, 0) is 49.1 Å². The first kappa shape index (κ1) is 22.2. The molecule has 9 heteroatoms. The lowest BCUT2D eigenvalue weighted by Gasteiger charge is -2.20. The lowest BCUT2D eigenvalue weighted by molar-refractivity contribution is 0.0997. The number of rotatable bonds is 5. The second-order valence-corrected chi connectivity index (χ2v) is 9.99. The standard InChI is InChI=1S/C21H23ClFN3O3S/c1-13-5-3-2-4-6-18(13)30(28,29)19-8-7-16(23)9-14(19)11-26-12-15(22)10-17(20(26)24)21(25)27/h7-10,12,18,24H,1-6,11H2,(H2,25,27). The number of nitrogens with one attached hydrogen (secondary N) is 1. The molecule has 1 heterocycles. The van der Waals surface area contributed by atoms with E-state index in [4.69, 9.17) is 22.7 Å². The zero-order chi connectivity index (χ0) is 22.1. The summed E-state index contributed by atoms with van der Waals surface area (Å²) in [6.45, 7) is 3.82. The third-order valence-electron chi connectivity index (χ3n) is 5.33. The molecule has 1 aromatic heterocycles. The molecule has 1 unspecified atom stereocenters. The van der Waals surface area contributed by atoms with Crippen LogP contribution < -0.4 is 11.2 Å². The van der Waals surface area contributed by atoms with Crippen molar-refractivity contribution in [3.8, 4) is 0 Å². The molecule has 6 nitrogen and oxygen atoms in total. The Bertz CT molecular complexity index is 1170. The van der Waals surface area contributed by atoms with Crippen LogP contribution in [0.1, 0.15) is 48.0 Å². The number of nitrogens with two attached hydrogens (primary N) is 1. The molecule has 0 bridgehead atoms. The lowest BCUT2D eigenvalue weighted by atomic mass is 10.1. The molecule has 0 radical (unpaired) electrons. The van der Waals surface area contributed by atoms with Crippen molar-refractivity contribution in [1.82, 2.24) is 4.57 Å². The van der Waals surface area contributed by atoms with E-state index in [1.807, 2.05) is 0 Å². The van der Waals surface area contributed by atoms with Crippen molar-refractivity contribution in [1.29, 1.82) is 5.41 Å². The maximum atomic E-state index is 14.0. The van der Waals surface area contributed by atoms with Crippen LogP contribution in [0.2, 0.25) is 5.02 Å². The number of hydrogen-bond acceptors (Lipinski definition) is 4. The molecule has 1 saturated carbocycles. The minimum Gasteiger partial charge on any atom is -0.365 e. The van der Waals surface area contributed by atoms with Gasteiger partial charge in [0.05, 0.1) is 27.3 Å². The summed E-state index contributed by atoms with van der Waals surface area (Å²) in [5.41, 5.74) is 5.78. The zero-order valence-corrected chi connectivity index (χ0v) is 17.9. The maximum Gasteiger partial charge on any atom is 0.252 e. The van der Waals surface area contributed by atoms with Crippen LogP contribution in [0.4, 0.5) is 4.39 Å². The van der Waals surface area contributed by atoms with Crippen LogP contribution in [0.25, 0.3) is 0 Å². The van der Waals surface area contributed by atoms with Gasteiger partial charge in [0.25, 0.3) is 5.91 Å². The van der Waals surface area contributed by atoms with E-state index in [-0.39, 0.29) is 33.1 Å². The highest BCUT2D eigenvalue weighted by Crippen LogP contribution is 2.32. The van der Waals surface area contributed by atoms with Crippen molar-refractivity contribution in [2.75, 3.05) is 0 Å². The molecule has 1 fully saturated rings. The van der Waals surface area contributed by atoms with Gasteiger partial charge in [0.1, 0.15) is 11.3 Å². The molecule has 0 saturated heterocycles. The second-order valence-electron chi connectivity index (χ2n) is 7.46. The molecule has 0 spiro atoms. The fraction of sp³-hybridized carbons (Fsp3) is 0.333. The summed E-state index contributed by atoms with van der Waals surface area (Å²) >= 11 is 6.04. The van der Waals surface area contributed by atoms with Gasteiger partial charge in [0, 0.05) is 6.20 Å². The third-order valence-corrected chi connectivity index (χ3v) is 7.87. The smallest absolute Gasteiger partial charge is 0.252 e. The van der Waals surface area contributed by atoms with Gasteiger partial charge in [-0.15, -0.1) is 0 Å². The molecular weight excluding hydrogens is 429 g/mol. The van der Waals surface area contributed by atoms with Gasteiger partial charge in [-0.3, -0.25) is 10.2 Å². The van der Waals surface area contributed by atoms with Crippen molar-refractivity contribution in [2.24, 2.45) is 5.73 Å². The quantitative estimate of drug-likeness (QED) is 0.412. The SMILES string of the molecule is C=C1CCCCCC1S(=O)(=O)c1ccc(F)cc1Cn1cc(Cl)cc(C(N)=O)c1=N. The van der Waals surface area contributed by atoms with Crippen LogP contribution in [-0.4, -0.2) is 24.1 Å². The van der Waals surface area contributed by atoms with E-state index in [0.29, 0.717) is 18.4 Å². The topological polar surface area (TPSA) is 106 Å². The minimum absolute atomic E-state index is 0.00977. The van der Waals surface area contributed by atoms with E-state index in [1.54, 1.807) is 0 Å². The summed E-state index contributed by atoms with van der Waals surface area (Å²) in [5, 5.41) is 7.63. The first-order valence-electron chi connectivity index (χ1n) is 9.55. The summed E-state index contributed by atoms with van der Waals surface area (Å²) in [5.74, 6) is -1.44. The van der Waals surface area contributed by atoms with Gasteiger partial charge in [0.15, 0.2) is 9.84 Å². The van der Waals surface area contributed by atoms with Crippen LogP contribution in [-0.2, 0) is 16.4 Å². The van der Waals surface area contributed by atoms with Crippen LogP contribution in [0.3, 0.4) is 0 Å². The Morgan fingerprint density at radius 1 is 1.30 bits per heavy atom. The Morgan fingerprint density at radius 3 is 2.73 bits per heavy atom. The van der Waals surface area contributed by atoms with Crippen molar-refractivity contribution < 1.29 is 17.6 Å². The Morgan fingerprint density at radius 2 is 2.03 bits per heavy atom. The summed E-state index contributed by atoms with van der Waals surface area (Å²) < 4.78 is 42.2. The Kier molecular flexibility index (Phi) is 6.47. The van der Waals surface area contributed by atoms with E-state index in [1.165, 1.54) is 22.9 Å². The van der Waals surface area contributed by atoms with Gasteiger partial charge in [-0.1, -0.05) is 36.6 Å². The van der Waals surface area contributed by atoms with Crippen molar-refractivity contribution in [3.05, 3.63) is 70.1 Å². The van der Waals surface area contributed by atoms with E-state index < -0.39 is 26.8 Å². The number of pyridine rings is 1. The number of nitrogens with zero attached hydrogens (tertiary/aromatic N) is 1. The van der Waals surface area contributed by atoms with Gasteiger partial charge in [0.2, 0.25) is 0 Å². The van der Waals surface area contributed by atoms with Crippen LogP contribution in [0.5, 0.6) is 0 Å². The first-order chi connectivity index (χ1) is 14.1.